The second-order valence-corrected chi connectivity index (χ2v) is 8.63. The van der Waals surface area contributed by atoms with Crippen LogP contribution >= 0.6 is 0 Å². The second kappa shape index (κ2) is 11.0. The molecule has 0 saturated heterocycles. The molecule has 1 aliphatic carbocycles. The van der Waals surface area contributed by atoms with Crippen molar-refractivity contribution in [1.82, 2.24) is 15.5 Å². The van der Waals surface area contributed by atoms with Crippen LogP contribution in [0.2, 0.25) is 0 Å². The van der Waals surface area contributed by atoms with Crippen molar-refractivity contribution in [2.75, 3.05) is 27.2 Å². The lowest BCUT2D eigenvalue weighted by atomic mass is 9.98. The lowest BCUT2D eigenvalue weighted by Crippen LogP contribution is -2.51. The lowest BCUT2D eigenvalue weighted by Gasteiger charge is -2.23. The monoisotopic (exact) mass is 453 g/mol. The third-order valence-electron chi connectivity index (χ3n) is 5.63. The summed E-state index contributed by atoms with van der Waals surface area (Å²) in [6.45, 7) is 2.58. The average Bonchev–Trinajstić information content (AvgIpc) is 3.08. The largest absolute Gasteiger partial charge is 0.481 e. The number of hydrogen-bond donors (Lipinski definition) is 3. The first-order valence-electron chi connectivity index (χ1n) is 11.0. The third-order valence-corrected chi connectivity index (χ3v) is 5.63. The van der Waals surface area contributed by atoms with Crippen LogP contribution in [0.1, 0.15) is 36.8 Å². The minimum Gasteiger partial charge on any atom is -0.481 e. The van der Waals surface area contributed by atoms with Crippen LogP contribution in [-0.4, -0.2) is 67.3 Å². The van der Waals surface area contributed by atoms with Crippen LogP contribution in [0.25, 0.3) is 11.1 Å². The standard InChI is InChI=1S/C25H31N3O5/c1-16(14-28(2)3)26-24(31)22(12-13-23(29)30)27-25(32)33-15-21-19-10-6-4-8-17(19)18-9-5-7-11-20(18)21/h4-11,16,21-22H,12-15H2,1-3H3,(H,26,31)(H,27,32)(H,29,30)/t16-,22?/m0/s1. The van der Waals surface area contributed by atoms with Gasteiger partial charge in [-0.05, 0) is 49.7 Å². The Labute approximate surface area is 193 Å². The van der Waals surface area contributed by atoms with Crippen molar-refractivity contribution in [2.45, 2.75) is 37.8 Å². The van der Waals surface area contributed by atoms with Gasteiger partial charge < -0.3 is 25.4 Å². The summed E-state index contributed by atoms with van der Waals surface area (Å²) in [5, 5.41) is 14.4. The van der Waals surface area contributed by atoms with Crippen molar-refractivity contribution in [3.63, 3.8) is 0 Å². The lowest BCUT2D eigenvalue weighted by molar-refractivity contribution is -0.137. The first kappa shape index (κ1) is 24.3. The quantitative estimate of drug-likeness (QED) is 0.511. The zero-order valence-electron chi connectivity index (χ0n) is 19.2. The molecule has 3 rings (SSSR count). The maximum Gasteiger partial charge on any atom is 0.407 e. The van der Waals surface area contributed by atoms with Gasteiger partial charge in [0.15, 0.2) is 0 Å². The van der Waals surface area contributed by atoms with Gasteiger partial charge in [-0.2, -0.15) is 0 Å². The van der Waals surface area contributed by atoms with Crippen molar-refractivity contribution in [2.24, 2.45) is 0 Å². The number of likely N-dealkylation sites (N-methyl/N-ethyl adjacent to an activating group) is 1. The number of aliphatic carboxylic acids is 1. The van der Waals surface area contributed by atoms with E-state index in [1.54, 1.807) is 0 Å². The number of nitrogens with one attached hydrogen (secondary N) is 2. The Kier molecular flexibility index (Phi) is 8.06. The molecule has 2 aromatic carbocycles. The van der Waals surface area contributed by atoms with Gasteiger partial charge in [-0.15, -0.1) is 0 Å². The molecule has 33 heavy (non-hydrogen) atoms. The molecule has 0 aliphatic heterocycles. The smallest absolute Gasteiger partial charge is 0.407 e. The third kappa shape index (κ3) is 6.32. The Hall–Kier alpha value is -3.39. The van der Waals surface area contributed by atoms with E-state index in [-0.39, 0.29) is 31.4 Å². The van der Waals surface area contributed by atoms with Crippen LogP contribution < -0.4 is 10.6 Å². The predicted molar refractivity (Wildman–Crippen MR) is 125 cm³/mol. The minimum atomic E-state index is -1.04. The summed E-state index contributed by atoms with van der Waals surface area (Å²) in [7, 11) is 3.78. The maximum absolute atomic E-state index is 12.7. The SMILES string of the molecule is C[C@@H](CN(C)C)NC(=O)C(CCC(=O)O)NC(=O)OCC1c2ccccc2-c2ccccc21. The van der Waals surface area contributed by atoms with Crippen LogP contribution in [0.4, 0.5) is 4.79 Å². The average molecular weight is 454 g/mol. The number of fused-ring (bicyclic) bond motifs is 3. The fraction of sp³-hybridized carbons (Fsp3) is 0.400. The number of ether oxygens (including phenoxy) is 1. The number of carbonyl (C=O) groups excluding carboxylic acids is 2. The molecule has 1 unspecified atom stereocenters. The fourth-order valence-corrected chi connectivity index (χ4v) is 4.26. The van der Waals surface area contributed by atoms with Gasteiger partial charge in [0.1, 0.15) is 12.6 Å². The van der Waals surface area contributed by atoms with Crippen molar-refractivity contribution < 1.29 is 24.2 Å². The zero-order valence-corrected chi connectivity index (χ0v) is 19.2. The Balaban J connectivity index is 1.64. The van der Waals surface area contributed by atoms with Gasteiger partial charge in [0.25, 0.3) is 0 Å². The second-order valence-electron chi connectivity index (χ2n) is 8.63. The molecule has 0 saturated carbocycles. The van der Waals surface area contributed by atoms with E-state index in [0.717, 1.165) is 22.3 Å². The molecule has 2 atom stereocenters. The zero-order chi connectivity index (χ0) is 24.0. The molecule has 8 nitrogen and oxygen atoms in total. The molecule has 176 valence electrons. The Morgan fingerprint density at radius 2 is 1.58 bits per heavy atom. The number of rotatable bonds is 10. The normalized spacial score (nSPS) is 14.2. The summed E-state index contributed by atoms with van der Waals surface area (Å²) < 4.78 is 5.51. The Morgan fingerprint density at radius 3 is 2.12 bits per heavy atom. The summed E-state index contributed by atoms with van der Waals surface area (Å²) in [6.07, 6.45) is -1.02. The highest BCUT2D eigenvalue weighted by Gasteiger charge is 2.30. The Bertz CT molecular complexity index is 962. The first-order chi connectivity index (χ1) is 15.8. The number of carboxylic acids is 1. The molecule has 0 heterocycles. The highest BCUT2D eigenvalue weighted by Crippen LogP contribution is 2.44. The number of nitrogens with zero attached hydrogens (tertiary/aromatic N) is 1. The number of alkyl carbamates (subject to hydrolysis) is 1. The van der Waals surface area contributed by atoms with Crippen LogP contribution in [0.15, 0.2) is 48.5 Å². The number of benzene rings is 2. The first-order valence-corrected chi connectivity index (χ1v) is 11.0. The van der Waals surface area contributed by atoms with Crippen LogP contribution in [0.3, 0.4) is 0 Å². The molecular weight excluding hydrogens is 422 g/mol. The fourth-order valence-electron chi connectivity index (χ4n) is 4.26. The van der Waals surface area contributed by atoms with Crippen molar-refractivity contribution in [1.29, 1.82) is 0 Å². The molecular formula is C25H31N3O5. The van der Waals surface area contributed by atoms with E-state index in [4.69, 9.17) is 9.84 Å². The summed E-state index contributed by atoms with van der Waals surface area (Å²) >= 11 is 0. The molecule has 0 radical (unpaired) electrons. The van der Waals surface area contributed by atoms with Gasteiger partial charge in [-0.25, -0.2) is 4.79 Å². The number of hydrogen-bond acceptors (Lipinski definition) is 5. The van der Waals surface area contributed by atoms with Crippen molar-refractivity contribution in [3.8, 4) is 11.1 Å². The summed E-state index contributed by atoms with van der Waals surface area (Å²) in [4.78, 5) is 38.2. The molecule has 8 heteroatoms. The highest BCUT2D eigenvalue weighted by atomic mass is 16.5. The van der Waals surface area contributed by atoms with E-state index in [2.05, 4.69) is 22.8 Å². The summed E-state index contributed by atoms with van der Waals surface area (Å²) in [6, 6.07) is 14.9. The van der Waals surface area contributed by atoms with Gasteiger partial charge in [0, 0.05) is 24.9 Å². The van der Waals surface area contributed by atoms with Gasteiger partial charge in [-0.3, -0.25) is 9.59 Å². The summed E-state index contributed by atoms with van der Waals surface area (Å²) in [5.41, 5.74) is 4.42. The van der Waals surface area contributed by atoms with Gasteiger partial charge in [-0.1, -0.05) is 48.5 Å². The Morgan fingerprint density at radius 1 is 1.00 bits per heavy atom. The van der Waals surface area contributed by atoms with Crippen LogP contribution in [0.5, 0.6) is 0 Å². The molecule has 0 spiro atoms. The van der Waals surface area contributed by atoms with E-state index < -0.39 is 24.0 Å². The van der Waals surface area contributed by atoms with E-state index in [1.807, 2.05) is 62.3 Å². The molecule has 0 aromatic heterocycles. The van der Waals surface area contributed by atoms with Gasteiger partial charge >= 0.3 is 12.1 Å². The van der Waals surface area contributed by atoms with Gasteiger partial charge in [0.2, 0.25) is 5.91 Å². The minimum absolute atomic E-state index is 0.0277. The molecule has 3 N–H and O–H groups in total. The molecule has 0 fully saturated rings. The van der Waals surface area contributed by atoms with Crippen LogP contribution in [0, 0.1) is 0 Å². The summed E-state index contributed by atoms with van der Waals surface area (Å²) in [5.74, 6) is -1.57. The van der Waals surface area contributed by atoms with E-state index in [0.29, 0.717) is 6.54 Å². The number of carboxylic acid groups (broad SMARTS) is 1. The molecule has 1 aliphatic rings. The molecule has 2 amide bonds. The van der Waals surface area contributed by atoms with Gasteiger partial charge in [0.05, 0.1) is 0 Å². The topological polar surface area (TPSA) is 108 Å². The molecule has 0 bridgehead atoms. The number of carbonyl (C=O) groups is 3. The van der Waals surface area contributed by atoms with E-state index in [1.165, 1.54) is 0 Å². The van der Waals surface area contributed by atoms with Crippen molar-refractivity contribution >= 4 is 18.0 Å². The predicted octanol–water partition coefficient (Wildman–Crippen LogP) is 2.82. The van der Waals surface area contributed by atoms with E-state index in [9.17, 15) is 14.4 Å². The molecule has 2 aromatic rings. The van der Waals surface area contributed by atoms with Crippen molar-refractivity contribution in [3.05, 3.63) is 59.7 Å². The highest BCUT2D eigenvalue weighted by molar-refractivity contribution is 5.86. The van der Waals surface area contributed by atoms with Crippen LogP contribution in [-0.2, 0) is 14.3 Å². The number of amides is 2. The van der Waals surface area contributed by atoms with E-state index >= 15 is 0 Å². The maximum atomic E-state index is 12.7.